The second-order valence-corrected chi connectivity index (χ2v) is 4.29. The van der Waals surface area contributed by atoms with Crippen LogP contribution in [-0.2, 0) is 0 Å². The molecule has 0 fully saturated rings. The van der Waals surface area contributed by atoms with E-state index in [1.807, 2.05) is 49.5 Å². The van der Waals surface area contributed by atoms with Crippen molar-refractivity contribution in [1.29, 1.82) is 5.26 Å². The smallest absolute Gasteiger partial charge is 0.0991 e. The van der Waals surface area contributed by atoms with Crippen molar-refractivity contribution in [2.75, 3.05) is 5.32 Å². The molecular weight excluding hydrogens is 222 g/mol. The minimum Gasteiger partial charge on any atom is -0.377 e. The van der Waals surface area contributed by atoms with E-state index in [2.05, 4.69) is 23.3 Å². The normalized spacial score (nSPS) is 11.6. The van der Waals surface area contributed by atoms with Crippen LogP contribution in [0, 0.1) is 18.3 Å². The van der Waals surface area contributed by atoms with E-state index >= 15 is 0 Å². The number of rotatable bonds is 3. The lowest BCUT2D eigenvalue weighted by Gasteiger charge is -2.15. The predicted octanol–water partition coefficient (Wildman–Crippen LogP) is 3.43. The highest BCUT2D eigenvalue weighted by molar-refractivity contribution is 5.44. The van der Waals surface area contributed by atoms with Crippen molar-refractivity contribution in [3.63, 3.8) is 0 Å². The first-order valence-electron chi connectivity index (χ1n) is 5.88. The molecule has 2 aromatic rings. The maximum Gasteiger partial charge on any atom is 0.0991 e. The molecule has 1 N–H and O–H groups in total. The fraction of sp³-hybridized carbons (Fsp3) is 0.200. The van der Waals surface area contributed by atoms with Crippen molar-refractivity contribution in [1.82, 2.24) is 4.98 Å². The molecule has 90 valence electrons. The molecule has 2 rings (SSSR count). The number of nitriles is 1. The van der Waals surface area contributed by atoms with E-state index in [4.69, 9.17) is 5.26 Å². The van der Waals surface area contributed by atoms with Crippen LogP contribution >= 0.6 is 0 Å². The van der Waals surface area contributed by atoms with Crippen LogP contribution in [0.2, 0.25) is 0 Å². The van der Waals surface area contributed by atoms with Gasteiger partial charge in [0.1, 0.15) is 0 Å². The molecule has 1 atom stereocenters. The van der Waals surface area contributed by atoms with E-state index < -0.39 is 0 Å². The molecule has 0 saturated carbocycles. The summed E-state index contributed by atoms with van der Waals surface area (Å²) in [5.41, 5.74) is 3.83. The Labute approximate surface area is 107 Å². The van der Waals surface area contributed by atoms with Crippen LogP contribution in [0.1, 0.15) is 29.8 Å². The number of nitrogens with zero attached hydrogens (tertiary/aromatic N) is 2. The molecule has 0 amide bonds. The van der Waals surface area contributed by atoms with Gasteiger partial charge in [0, 0.05) is 11.7 Å². The third-order valence-electron chi connectivity index (χ3n) is 2.83. The van der Waals surface area contributed by atoms with Gasteiger partial charge < -0.3 is 5.32 Å². The van der Waals surface area contributed by atoms with Gasteiger partial charge in [0.2, 0.25) is 0 Å². The zero-order chi connectivity index (χ0) is 13.0. The molecule has 0 saturated heterocycles. The maximum atomic E-state index is 8.75. The average Bonchev–Trinajstić information content (AvgIpc) is 2.41. The summed E-state index contributed by atoms with van der Waals surface area (Å²) in [6.07, 6.45) is 1.83. The zero-order valence-corrected chi connectivity index (χ0v) is 10.5. The molecule has 0 aliphatic heterocycles. The Balaban J connectivity index is 2.09. The molecule has 3 heteroatoms. The monoisotopic (exact) mass is 237 g/mol. The largest absolute Gasteiger partial charge is 0.377 e. The third-order valence-corrected chi connectivity index (χ3v) is 2.83. The van der Waals surface area contributed by atoms with Crippen LogP contribution in [0.25, 0.3) is 0 Å². The number of hydrogen-bond acceptors (Lipinski definition) is 3. The van der Waals surface area contributed by atoms with Gasteiger partial charge in [0.25, 0.3) is 0 Å². The lowest BCUT2D eigenvalue weighted by molar-refractivity contribution is 0.882. The number of aromatic nitrogens is 1. The molecule has 3 nitrogen and oxygen atoms in total. The van der Waals surface area contributed by atoms with E-state index in [-0.39, 0.29) is 6.04 Å². The van der Waals surface area contributed by atoms with Gasteiger partial charge >= 0.3 is 0 Å². The van der Waals surface area contributed by atoms with Gasteiger partial charge in [0.15, 0.2) is 0 Å². The number of hydrogen-bond donors (Lipinski definition) is 1. The second kappa shape index (κ2) is 5.33. The Morgan fingerprint density at radius 1 is 1.17 bits per heavy atom. The topological polar surface area (TPSA) is 48.7 Å². The summed E-state index contributed by atoms with van der Waals surface area (Å²) in [6.45, 7) is 4.05. The van der Waals surface area contributed by atoms with Gasteiger partial charge in [-0.05, 0) is 43.7 Å². The second-order valence-electron chi connectivity index (χ2n) is 4.29. The highest BCUT2D eigenvalue weighted by atomic mass is 14.9. The maximum absolute atomic E-state index is 8.75. The van der Waals surface area contributed by atoms with Gasteiger partial charge in [0.05, 0.1) is 23.5 Å². The molecule has 18 heavy (non-hydrogen) atoms. The molecule has 1 unspecified atom stereocenters. The van der Waals surface area contributed by atoms with Crippen LogP contribution in [-0.4, -0.2) is 4.98 Å². The Kier molecular flexibility index (Phi) is 3.59. The van der Waals surface area contributed by atoms with Gasteiger partial charge in [-0.2, -0.15) is 5.26 Å². The van der Waals surface area contributed by atoms with Crippen LogP contribution in [0.3, 0.4) is 0 Å². The minimum atomic E-state index is 0.183. The fourth-order valence-corrected chi connectivity index (χ4v) is 1.73. The summed E-state index contributed by atoms with van der Waals surface area (Å²) >= 11 is 0. The summed E-state index contributed by atoms with van der Waals surface area (Å²) in [7, 11) is 0. The van der Waals surface area contributed by atoms with Crippen molar-refractivity contribution in [3.05, 3.63) is 59.4 Å². The summed E-state index contributed by atoms with van der Waals surface area (Å²) in [4.78, 5) is 4.25. The number of anilines is 1. The number of pyridine rings is 1. The lowest BCUT2D eigenvalue weighted by Crippen LogP contribution is -2.06. The van der Waals surface area contributed by atoms with Crippen LogP contribution in [0.5, 0.6) is 0 Å². The van der Waals surface area contributed by atoms with Crippen molar-refractivity contribution in [2.24, 2.45) is 0 Å². The zero-order valence-electron chi connectivity index (χ0n) is 10.5. The molecule has 0 aliphatic rings. The quantitative estimate of drug-likeness (QED) is 0.889. The minimum absolute atomic E-state index is 0.183. The number of nitrogens with one attached hydrogen (secondary N) is 1. The van der Waals surface area contributed by atoms with E-state index in [1.54, 1.807) is 0 Å². The van der Waals surface area contributed by atoms with Gasteiger partial charge in [-0.1, -0.05) is 12.1 Å². The van der Waals surface area contributed by atoms with Crippen LogP contribution in [0.4, 0.5) is 5.69 Å². The van der Waals surface area contributed by atoms with Crippen LogP contribution in [0.15, 0.2) is 42.6 Å². The van der Waals surface area contributed by atoms with Crippen molar-refractivity contribution < 1.29 is 0 Å². The highest BCUT2D eigenvalue weighted by Crippen LogP contribution is 2.19. The van der Waals surface area contributed by atoms with Gasteiger partial charge in [-0.15, -0.1) is 0 Å². The van der Waals surface area contributed by atoms with Crippen molar-refractivity contribution >= 4 is 5.69 Å². The first kappa shape index (κ1) is 12.1. The average molecular weight is 237 g/mol. The molecule has 0 bridgehead atoms. The first-order chi connectivity index (χ1) is 8.69. The summed E-state index contributed by atoms with van der Waals surface area (Å²) in [6, 6.07) is 13.9. The lowest BCUT2D eigenvalue weighted by atomic mass is 10.1. The fourth-order valence-electron chi connectivity index (χ4n) is 1.73. The Morgan fingerprint density at radius 2 is 1.89 bits per heavy atom. The van der Waals surface area contributed by atoms with E-state index in [9.17, 15) is 0 Å². The van der Waals surface area contributed by atoms with E-state index in [0.29, 0.717) is 5.56 Å². The van der Waals surface area contributed by atoms with Crippen molar-refractivity contribution in [3.8, 4) is 6.07 Å². The van der Waals surface area contributed by atoms with Crippen LogP contribution < -0.4 is 5.32 Å². The standard InChI is InChI=1S/C15H15N3/c1-11-3-8-15(10-17-11)18-12(2)14-6-4-13(9-16)5-7-14/h3-8,10,12,18H,1-2H3. The van der Waals surface area contributed by atoms with Gasteiger partial charge in [-0.25, -0.2) is 0 Å². The van der Waals surface area contributed by atoms with E-state index in [1.165, 1.54) is 0 Å². The first-order valence-corrected chi connectivity index (χ1v) is 5.88. The summed E-state index contributed by atoms with van der Waals surface area (Å²) in [5, 5.41) is 12.1. The molecule has 1 heterocycles. The molecule has 1 aromatic carbocycles. The van der Waals surface area contributed by atoms with E-state index in [0.717, 1.165) is 16.9 Å². The summed E-state index contributed by atoms with van der Waals surface area (Å²) < 4.78 is 0. The molecule has 0 spiro atoms. The number of benzene rings is 1. The Bertz CT molecular complexity index is 550. The third kappa shape index (κ3) is 2.86. The summed E-state index contributed by atoms with van der Waals surface area (Å²) in [5.74, 6) is 0. The van der Waals surface area contributed by atoms with Gasteiger partial charge in [-0.3, -0.25) is 4.98 Å². The number of aryl methyl sites for hydroxylation is 1. The molecule has 0 radical (unpaired) electrons. The predicted molar refractivity (Wildman–Crippen MR) is 72.2 cm³/mol. The Hall–Kier alpha value is -2.34. The molecule has 1 aromatic heterocycles. The molecule has 0 aliphatic carbocycles. The Morgan fingerprint density at radius 3 is 2.44 bits per heavy atom. The molecular formula is C15H15N3. The highest BCUT2D eigenvalue weighted by Gasteiger charge is 2.05. The van der Waals surface area contributed by atoms with Crippen molar-refractivity contribution in [2.45, 2.75) is 19.9 Å². The SMILES string of the molecule is Cc1ccc(NC(C)c2ccc(C#N)cc2)cn1.